The van der Waals surface area contributed by atoms with E-state index in [-0.39, 0.29) is 5.82 Å². The zero-order chi connectivity index (χ0) is 13.0. The number of hydrogen-bond acceptors (Lipinski definition) is 2. The van der Waals surface area contributed by atoms with Crippen molar-refractivity contribution in [2.24, 2.45) is 0 Å². The van der Waals surface area contributed by atoms with E-state index >= 15 is 0 Å². The number of benzene rings is 1. The first-order valence-electron chi connectivity index (χ1n) is 6.47. The summed E-state index contributed by atoms with van der Waals surface area (Å²) >= 11 is 0. The first kappa shape index (κ1) is 13.2. The number of halogens is 1. The Hall–Kier alpha value is -1.19. The van der Waals surface area contributed by atoms with Gasteiger partial charge in [0, 0.05) is 32.7 Å². The lowest BCUT2D eigenvalue weighted by Crippen LogP contribution is -2.44. The molecule has 0 unspecified atom stereocenters. The van der Waals surface area contributed by atoms with Gasteiger partial charge in [-0.1, -0.05) is 23.8 Å². The number of rotatable bonds is 3. The van der Waals surface area contributed by atoms with Crippen LogP contribution in [0.3, 0.4) is 0 Å². The third-order valence-corrected chi connectivity index (χ3v) is 3.35. The van der Waals surface area contributed by atoms with Crippen LogP contribution in [0.2, 0.25) is 0 Å². The monoisotopic (exact) mass is 248 g/mol. The summed E-state index contributed by atoms with van der Waals surface area (Å²) in [6, 6.07) is 6.66. The Labute approximate surface area is 109 Å². The molecule has 3 heteroatoms. The van der Waals surface area contributed by atoms with E-state index < -0.39 is 0 Å². The van der Waals surface area contributed by atoms with Crippen LogP contribution in [0.25, 0.3) is 6.08 Å². The van der Waals surface area contributed by atoms with E-state index in [4.69, 9.17) is 0 Å². The van der Waals surface area contributed by atoms with E-state index in [2.05, 4.69) is 29.8 Å². The average molecular weight is 248 g/mol. The molecular weight excluding hydrogens is 227 g/mol. The van der Waals surface area contributed by atoms with Gasteiger partial charge in [0.15, 0.2) is 0 Å². The topological polar surface area (TPSA) is 6.48 Å². The molecule has 2 rings (SSSR count). The molecule has 1 fully saturated rings. The second kappa shape index (κ2) is 6.12. The van der Waals surface area contributed by atoms with Crippen molar-refractivity contribution >= 4 is 6.08 Å². The van der Waals surface area contributed by atoms with Crippen LogP contribution in [0.5, 0.6) is 0 Å². The van der Waals surface area contributed by atoms with E-state index in [1.807, 2.05) is 12.1 Å². The highest BCUT2D eigenvalue weighted by Crippen LogP contribution is 2.10. The van der Waals surface area contributed by atoms with Crippen LogP contribution in [0, 0.1) is 5.82 Å². The Morgan fingerprint density at radius 3 is 2.39 bits per heavy atom. The number of piperazine rings is 1. The summed E-state index contributed by atoms with van der Waals surface area (Å²) in [6.07, 6.45) is 2.14. The van der Waals surface area contributed by atoms with Crippen molar-refractivity contribution in [3.05, 3.63) is 41.2 Å². The summed E-state index contributed by atoms with van der Waals surface area (Å²) in [7, 11) is 2.17. The SMILES string of the molecule is CC(=Cc1ccc(F)cc1)CN1CCN(C)CC1. The molecular formula is C15H21FN2. The van der Waals surface area contributed by atoms with Gasteiger partial charge in [0.1, 0.15) is 5.82 Å². The smallest absolute Gasteiger partial charge is 0.123 e. The number of hydrogen-bond donors (Lipinski definition) is 0. The van der Waals surface area contributed by atoms with Gasteiger partial charge in [-0.15, -0.1) is 0 Å². The van der Waals surface area contributed by atoms with Crippen LogP contribution in [-0.4, -0.2) is 49.6 Å². The van der Waals surface area contributed by atoms with E-state index in [1.165, 1.54) is 17.7 Å². The van der Waals surface area contributed by atoms with Gasteiger partial charge in [-0.05, 0) is 31.7 Å². The summed E-state index contributed by atoms with van der Waals surface area (Å²) in [5.74, 6) is -0.177. The summed E-state index contributed by atoms with van der Waals surface area (Å²) in [5, 5.41) is 0. The van der Waals surface area contributed by atoms with Crippen molar-refractivity contribution < 1.29 is 4.39 Å². The molecule has 0 spiro atoms. The summed E-state index contributed by atoms with van der Waals surface area (Å²) in [4.78, 5) is 4.82. The van der Waals surface area contributed by atoms with Crippen LogP contribution in [-0.2, 0) is 0 Å². The van der Waals surface area contributed by atoms with Gasteiger partial charge >= 0.3 is 0 Å². The van der Waals surface area contributed by atoms with Crippen LogP contribution in [0.4, 0.5) is 4.39 Å². The Morgan fingerprint density at radius 2 is 1.78 bits per heavy atom. The predicted molar refractivity (Wildman–Crippen MR) is 74.0 cm³/mol. The highest BCUT2D eigenvalue weighted by molar-refractivity contribution is 5.52. The maximum atomic E-state index is 12.8. The summed E-state index contributed by atoms with van der Waals surface area (Å²) < 4.78 is 12.8. The second-order valence-corrected chi connectivity index (χ2v) is 5.12. The van der Waals surface area contributed by atoms with E-state index in [1.54, 1.807) is 0 Å². The summed E-state index contributed by atoms with van der Waals surface area (Å²) in [6.45, 7) is 7.69. The van der Waals surface area contributed by atoms with Crippen LogP contribution in [0.15, 0.2) is 29.8 Å². The lowest BCUT2D eigenvalue weighted by Gasteiger charge is -2.32. The fraction of sp³-hybridized carbons (Fsp3) is 0.467. The maximum Gasteiger partial charge on any atom is 0.123 e. The van der Waals surface area contributed by atoms with Crippen molar-refractivity contribution in [3.8, 4) is 0 Å². The number of likely N-dealkylation sites (N-methyl/N-ethyl adjacent to an activating group) is 1. The van der Waals surface area contributed by atoms with Crippen molar-refractivity contribution in [3.63, 3.8) is 0 Å². The van der Waals surface area contributed by atoms with Gasteiger partial charge < -0.3 is 4.90 Å². The fourth-order valence-corrected chi connectivity index (χ4v) is 2.25. The minimum Gasteiger partial charge on any atom is -0.304 e. The normalized spacial score (nSPS) is 19.2. The maximum absolute atomic E-state index is 12.8. The molecule has 0 aromatic heterocycles. The van der Waals surface area contributed by atoms with Crippen molar-refractivity contribution in [1.29, 1.82) is 0 Å². The molecule has 0 bridgehead atoms. The molecule has 18 heavy (non-hydrogen) atoms. The molecule has 0 radical (unpaired) electrons. The Bertz CT molecular complexity index is 403. The van der Waals surface area contributed by atoms with Crippen LogP contribution >= 0.6 is 0 Å². The van der Waals surface area contributed by atoms with E-state index in [0.717, 1.165) is 38.3 Å². The zero-order valence-corrected chi connectivity index (χ0v) is 11.2. The van der Waals surface area contributed by atoms with E-state index in [9.17, 15) is 4.39 Å². The molecule has 2 nitrogen and oxygen atoms in total. The molecule has 0 N–H and O–H groups in total. The highest BCUT2D eigenvalue weighted by atomic mass is 19.1. The van der Waals surface area contributed by atoms with Gasteiger partial charge in [0.25, 0.3) is 0 Å². The van der Waals surface area contributed by atoms with Gasteiger partial charge in [-0.3, -0.25) is 4.90 Å². The standard InChI is InChI=1S/C15H21FN2/c1-13(11-14-3-5-15(16)6-4-14)12-18-9-7-17(2)8-10-18/h3-6,11H,7-10,12H2,1-2H3. The van der Waals surface area contributed by atoms with Crippen LogP contribution in [0.1, 0.15) is 12.5 Å². The molecule has 0 amide bonds. The Kier molecular flexibility index (Phi) is 4.50. The highest BCUT2D eigenvalue weighted by Gasteiger charge is 2.13. The molecule has 1 aliphatic heterocycles. The first-order valence-corrected chi connectivity index (χ1v) is 6.47. The van der Waals surface area contributed by atoms with Gasteiger partial charge in [-0.25, -0.2) is 4.39 Å². The molecule has 0 saturated carbocycles. The minimum absolute atomic E-state index is 0.177. The first-order chi connectivity index (χ1) is 8.63. The largest absolute Gasteiger partial charge is 0.304 e. The second-order valence-electron chi connectivity index (χ2n) is 5.12. The van der Waals surface area contributed by atoms with Crippen LogP contribution < -0.4 is 0 Å². The van der Waals surface area contributed by atoms with Crippen molar-refractivity contribution in [2.45, 2.75) is 6.92 Å². The van der Waals surface area contributed by atoms with Gasteiger partial charge in [0.2, 0.25) is 0 Å². The molecule has 1 saturated heterocycles. The molecule has 0 aliphatic carbocycles. The lowest BCUT2D eigenvalue weighted by molar-refractivity contribution is 0.164. The fourth-order valence-electron chi connectivity index (χ4n) is 2.25. The van der Waals surface area contributed by atoms with Gasteiger partial charge in [0.05, 0.1) is 0 Å². The van der Waals surface area contributed by atoms with Gasteiger partial charge in [-0.2, -0.15) is 0 Å². The third-order valence-electron chi connectivity index (χ3n) is 3.35. The lowest BCUT2D eigenvalue weighted by atomic mass is 10.1. The summed E-state index contributed by atoms with van der Waals surface area (Å²) in [5.41, 5.74) is 2.40. The van der Waals surface area contributed by atoms with E-state index in [0.29, 0.717) is 0 Å². The molecule has 1 aromatic carbocycles. The Balaban J connectivity index is 1.91. The van der Waals surface area contributed by atoms with Crippen molar-refractivity contribution in [2.75, 3.05) is 39.8 Å². The molecule has 0 atom stereocenters. The average Bonchev–Trinajstić information content (AvgIpc) is 2.35. The molecule has 1 aromatic rings. The zero-order valence-electron chi connectivity index (χ0n) is 11.2. The predicted octanol–water partition coefficient (Wildman–Crippen LogP) is 2.48. The quantitative estimate of drug-likeness (QED) is 0.811. The Morgan fingerprint density at radius 1 is 1.17 bits per heavy atom. The number of nitrogens with zero attached hydrogens (tertiary/aromatic N) is 2. The van der Waals surface area contributed by atoms with Crippen molar-refractivity contribution in [1.82, 2.24) is 9.80 Å². The minimum atomic E-state index is -0.177. The molecule has 98 valence electrons. The third kappa shape index (κ3) is 3.93. The molecule has 1 aliphatic rings. The molecule has 1 heterocycles.